The molecule has 0 spiro atoms. The number of aromatic nitrogens is 1. The molecule has 0 N–H and O–H groups in total. The van der Waals surface area contributed by atoms with Crippen molar-refractivity contribution in [2.45, 2.75) is 52.0 Å². The Morgan fingerprint density at radius 2 is 1.91 bits per heavy atom. The Bertz CT molecular complexity index is 689. The Balaban J connectivity index is 2.01. The fraction of sp³-hybridized carbons (Fsp3) is 0.421. The van der Waals surface area contributed by atoms with Crippen molar-refractivity contribution < 1.29 is 4.74 Å². The van der Waals surface area contributed by atoms with E-state index in [1.54, 1.807) is 0 Å². The summed E-state index contributed by atoms with van der Waals surface area (Å²) in [6.45, 7) is 2.95. The number of benzene rings is 1. The summed E-state index contributed by atoms with van der Waals surface area (Å²) in [6.07, 6.45) is 6.56. The van der Waals surface area contributed by atoms with Gasteiger partial charge < -0.3 is 9.30 Å². The first-order valence-corrected chi connectivity index (χ1v) is 8.28. The van der Waals surface area contributed by atoms with Crippen LogP contribution in [0.25, 0.3) is 0 Å². The number of hydrogen-bond acceptors (Lipinski definition) is 2. The Kier molecular flexibility index (Phi) is 4.62. The van der Waals surface area contributed by atoms with Crippen molar-refractivity contribution in [3.63, 3.8) is 0 Å². The minimum atomic E-state index is 0.0120. The first-order valence-electron chi connectivity index (χ1n) is 8.28. The van der Waals surface area contributed by atoms with Crippen LogP contribution in [0.5, 0.6) is 11.5 Å². The fourth-order valence-electron chi connectivity index (χ4n) is 3.09. The number of fused-ring (bicyclic) bond motifs is 1. The summed E-state index contributed by atoms with van der Waals surface area (Å²) < 4.78 is 7.82. The second-order valence-corrected chi connectivity index (χ2v) is 5.91. The summed E-state index contributed by atoms with van der Waals surface area (Å²) >= 11 is 0. The Hall–Kier alpha value is -2.03. The molecule has 1 aliphatic carbocycles. The van der Waals surface area contributed by atoms with Gasteiger partial charge in [-0.25, -0.2) is 0 Å². The molecule has 1 aromatic carbocycles. The summed E-state index contributed by atoms with van der Waals surface area (Å²) in [4.78, 5) is 12.8. The predicted molar refractivity (Wildman–Crippen MR) is 88.8 cm³/mol. The largest absolute Gasteiger partial charge is 0.452 e. The molecule has 3 rings (SSSR count). The van der Waals surface area contributed by atoms with Gasteiger partial charge in [-0.1, -0.05) is 31.5 Å². The van der Waals surface area contributed by atoms with Gasteiger partial charge in [0.1, 0.15) is 5.75 Å². The highest BCUT2D eigenvalue weighted by Crippen LogP contribution is 2.25. The van der Waals surface area contributed by atoms with E-state index < -0.39 is 0 Å². The van der Waals surface area contributed by atoms with Crippen molar-refractivity contribution >= 4 is 0 Å². The average molecular weight is 297 g/mol. The molecule has 22 heavy (non-hydrogen) atoms. The maximum atomic E-state index is 12.8. The van der Waals surface area contributed by atoms with Gasteiger partial charge in [-0.05, 0) is 55.9 Å². The van der Waals surface area contributed by atoms with Gasteiger partial charge in [-0.3, -0.25) is 4.79 Å². The van der Waals surface area contributed by atoms with Gasteiger partial charge in [-0.15, -0.1) is 0 Å². The van der Waals surface area contributed by atoms with Crippen LogP contribution in [-0.4, -0.2) is 4.57 Å². The molecule has 0 aliphatic heterocycles. The van der Waals surface area contributed by atoms with E-state index in [0.717, 1.165) is 38.0 Å². The molecular formula is C19H23NO2. The number of hydrogen-bond donors (Lipinski definition) is 0. The zero-order valence-electron chi connectivity index (χ0n) is 13.2. The molecule has 0 atom stereocenters. The third-order valence-corrected chi connectivity index (χ3v) is 4.27. The van der Waals surface area contributed by atoms with E-state index in [2.05, 4.69) is 6.92 Å². The van der Waals surface area contributed by atoms with Crippen LogP contribution in [0.1, 0.15) is 43.9 Å². The lowest BCUT2D eigenvalue weighted by Gasteiger charge is -2.22. The lowest BCUT2D eigenvalue weighted by Crippen LogP contribution is -2.27. The molecule has 0 fully saturated rings. The van der Waals surface area contributed by atoms with Crippen molar-refractivity contribution in [2.75, 3.05) is 0 Å². The van der Waals surface area contributed by atoms with Crippen LogP contribution >= 0.6 is 0 Å². The molecule has 1 aromatic heterocycles. The molecule has 0 radical (unpaired) electrons. The first kappa shape index (κ1) is 14.9. The molecule has 1 aliphatic rings. The monoisotopic (exact) mass is 297 g/mol. The second-order valence-electron chi connectivity index (χ2n) is 5.91. The normalized spacial score (nSPS) is 13.7. The Morgan fingerprint density at radius 3 is 2.68 bits per heavy atom. The standard InChI is InChI=1S/C19H23NO2/c1-2-3-13-20-17-12-8-7-9-15(17)14-18(19(20)21)22-16-10-5-4-6-11-16/h4-6,10-11,14H,2-3,7-9,12-13H2,1H3. The molecular weight excluding hydrogens is 274 g/mol. The van der Waals surface area contributed by atoms with Gasteiger partial charge >= 0.3 is 0 Å². The summed E-state index contributed by atoms with van der Waals surface area (Å²) in [7, 11) is 0. The van der Waals surface area contributed by atoms with Crippen molar-refractivity contribution in [1.82, 2.24) is 4.57 Å². The minimum Gasteiger partial charge on any atom is -0.452 e. The number of para-hydroxylation sites is 1. The fourth-order valence-corrected chi connectivity index (χ4v) is 3.09. The number of ether oxygens (including phenoxy) is 1. The van der Waals surface area contributed by atoms with Crippen LogP contribution < -0.4 is 10.3 Å². The number of rotatable bonds is 5. The summed E-state index contributed by atoms with van der Waals surface area (Å²) in [6, 6.07) is 11.5. The quantitative estimate of drug-likeness (QED) is 0.823. The zero-order chi connectivity index (χ0) is 15.4. The number of unbranched alkanes of at least 4 members (excludes halogenated alkanes) is 1. The molecule has 0 unspecified atom stereocenters. The number of aryl methyl sites for hydroxylation is 1. The van der Waals surface area contributed by atoms with Gasteiger partial charge in [0.15, 0.2) is 5.75 Å². The lowest BCUT2D eigenvalue weighted by atomic mass is 9.95. The molecule has 0 saturated carbocycles. The predicted octanol–water partition coefficient (Wildman–Crippen LogP) is 4.32. The zero-order valence-corrected chi connectivity index (χ0v) is 13.2. The molecule has 1 heterocycles. The molecule has 2 aromatic rings. The highest BCUT2D eigenvalue weighted by molar-refractivity contribution is 5.36. The number of pyridine rings is 1. The maximum absolute atomic E-state index is 12.8. The number of nitrogens with zero attached hydrogens (tertiary/aromatic N) is 1. The summed E-state index contributed by atoms with van der Waals surface area (Å²) in [5.41, 5.74) is 2.52. The molecule has 0 bridgehead atoms. The van der Waals surface area contributed by atoms with Gasteiger partial charge in [0.05, 0.1) is 0 Å². The van der Waals surface area contributed by atoms with Crippen molar-refractivity contribution in [3.05, 3.63) is 58.0 Å². The van der Waals surface area contributed by atoms with Crippen LogP contribution in [0.2, 0.25) is 0 Å². The summed E-state index contributed by atoms with van der Waals surface area (Å²) in [5.74, 6) is 1.18. The molecule has 0 amide bonds. The van der Waals surface area contributed by atoms with E-state index in [0.29, 0.717) is 5.75 Å². The third-order valence-electron chi connectivity index (χ3n) is 4.27. The van der Waals surface area contributed by atoms with E-state index in [1.807, 2.05) is 41.0 Å². The van der Waals surface area contributed by atoms with E-state index in [9.17, 15) is 4.79 Å². The molecule has 3 heteroatoms. The van der Waals surface area contributed by atoms with Crippen LogP contribution in [0.4, 0.5) is 0 Å². The van der Waals surface area contributed by atoms with E-state index in [1.165, 1.54) is 24.1 Å². The van der Waals surface area contributed by atoms with E-state index in [-0.39, 0.29) is 5.56 Å². The van der Waals surface area contributed by atoms with Gasteiger partial charge in [-0.2, -0.15) is 0 Å². The van der Waals surface area contributed by atoms with Crippen LogP contribution in [0.15, 0.2) is 41.2 Å². The average Bonchev–Trinajstić information content (AvgIpc) is 2.56. The Morgan fingerprint density at radius 1 is 1.14 bits per heavy atom. The van der Waals surface area contributed by atoms with Crippen LogP contribution in [-0.2, 0) is 19.4 Å². The first-order chi connectivity index (χ1) is 10.8. The van der Waals surface area contributed by atoms with Crippen LogP contribution in [0.3, 0.4) is 0 Å². The minimum absolute atomic E-state index is 0.0120. The SMILES string of the molecule is CCCCn1c2c(cc(Oc3ccccc3)c1=O)CCCC2. The Labute approximate surface area is 131 Å². The van der Waals surface area contributed by atoms with Crippen LogP contribution in [0, 0.1) is 0 Å². The topological polar surface area (TPSA) is 31.2 Å². The van der Waals surface area contributed by atoms with Crippen molar-refractivity contribution in [2.24, 2.45) is 0 Å². The third kappa shape index (κ3) is 3.08. The van der Waals surface area contributed by atoms with Gasteiger partial charge in [0.2, 0.25) is 0 Å². The van der Waals surface area contributed by atoms with Crippen molar-refractivity contribution in [1.29, 1.82) is 0 Å². The van der Waals surface area contributed by atoms with Gasteiger partial charge in [0.25, 0.3) is 5.56 Å². The molecule has 3 nitrogen and oxygen atoms in total. The smallest absolute Gasteiger partial charge is 0.293 e. The van der Waals surface area contributed by atoms with E-state index in [4.69, 9.17) is 4.74 Å². The molecule has 0 saturated heterocycles. The second kappa shape index (κ2) is 6.82. The maximum Gasteiger partial charge on any atom is 0.293 e. The van der Waals surface area contributed by atoms with Gasteiger partial charge in [0, 0.05) is 12.2 Å². The summed E-state index contributed by atoms with van der Waals surface area (Å²) in [5, 5.41) is 0. The highest BCUT2D eigenvalue weighted by atomic mass is 16.5. The molecule has 116 valence electrons. The lowest BCUT2D eigenvalue weighted by molar-refractivity contribution is 0.453. The van der Waals surface area contributed by atoms with Crippen molar-refractivity contribution in [3.8, 4) is 11.5 Å². The van der Waals surface area contributed by atoms with E-state index >= 15 is 0 Å². The highest BCUT2D eigenvalue weighted by Gasteiger charge is 2.18.